The number of carbonyl (C=O) groups excluding carboxylic acids is 3. The number of likely N-dealkylation sites (tertiary alicyclic amines) is 1. The number of imide groups is 1. The van der Waals surface area contributed by atoms with Gasteiger partial charge in [0.1, 0.15) is 6.04 Å². The van der Waals surface area contributed by atoms with Crippen molar-refractivity contribution in [2.75, 3.05) is 5.32 Å². The molecule has 6 rings (SSSR count). The Morgan fingerprint density at radius 3 is 2.30 bits per heavy atom. The van der Waals surface area contributed by atoms with Crippen LogP contribution in [-0.4, -0.2) is 28.7 Å². The fraction of sp³-hybridized carbons (Fsp3) is 0.476. The molecule has 1 N–H and O–H groups in total. The summed E-state index contributed by atoms with van der Waals surface area (Å²) in [5.41, 5.74) is 1.47. The summed E-state index contributed by atoms with van der Waals surface area (Å²) in [5.74, 6) is 0.142. The highest BCUT2D eigenvalue weighted by Crippen LogP contribution is 2.65. The van der Waals surface area contributed by atoms with E-state index in [1.807, 2.05) is 13.0 Å². The van der Waals surface area contributed by atoms with Gasteiger partial charge >= 0.3 is 0 Å². The molecule has 27 heavy (non-hydrogen) atoms. The molecule has 5 aliphatic rings. The van der Waals surface area contributed by atoms with Crippen molar-refractivity contribution in [3.63, 3.8) is 0 Å². The summed E-state index contributed by atoms with van der Waals surface area (Å²) in [4.78, 5) is 40.1. The number of halogens is 1. The lowest BCUT2D eigenvalue weighted by molar-refractivity contribution is -0.146. The van der Waals surface area contributed by atoms with Crippen molar-refractivity contribution >= 4 is 35.0 Å². The van der Waals surface area contributed by atoms with E-state index in [9.17, 15) is 14.4 Å². The van der Waals surface area contributed by atoms with Gasteiger partial charge in [-0.15, -0.1) is 0 Å². The molecule has 6 heteroatoms. The monoisotopic (exact) mass is 384 g/mol. The molecule has 5 nitrogen and oxygen atoms in total. The largest absolute Gasteiger partial charge is 0.324 e. The third-order valence-corrected chi connectivity index (χ3v) is 7.31. The Kier molecular flexibility index (Phi) is 3.57. The normalized spacial score (nSPS) is 36.5. The molecule has 1 aliphatic heterocycles. The summed E-state index contributed by atoms with van der Waals surface area (Å²) in [6.45, 7) is 3.50. The molecular weight excluding hydrogens is 364 g/mol. The van der Waals surface area contributed by atoms with Gasteiger partial charge in [0, 0.05) is 10.7 Å². The van der Waals surface area contributed by atoms with Crippen LogP contribution in [0.3, 0.4) is 0 Å². The van der Waals surface area contributed by atoms with Crippen LogP contribution in [0.15, 0.2) is 30.4 Å². The van der Waals surface area contributed by atoms with E-state index < -0.39 is 6.04 Å². The lowest BCUT2D eigenvalue weighted by Crippen LogP contribution is -2.46. The van der Waals surface area contributed by atoms with Gasteiger partial charge in [-0.3, -0.25) is 19.3 Å². The standard InChI is InChI=1S/C21H21ClN2O3/c1-9-3-4-11(7-16(9)22)23-19(25)10(2)24-20(26)17-12-5-6-13(15-8-14(12)15)18(17)21(24)27/h3-7,10,12-15,17-18H,8H2,1-2H3,(H,23,25)/t10-,12-,13-,14-,15-,17+,18+/m1/s1. The number of nitrogens with zero attached hydrogens (tertiary/aromatic N) is 1. The Bertz CT molecular complexity index is 875. The zero-order valence-electron chi connectivity index (χ0n) is 15.2. The van der Waals surface area contributed by atoms with Gasteiger partial charge in [0.25, 0.3) is 0 Å². The van der Waals surface area contributed by atoms with E-state index >= 15 is 0 Å². The number of carbonyl (C=O) groups is 3. The van der Waals surface area contributed by atoms with Crippen LogP contribution in [0.25, 0.3) is 0 Å². The van der Waals surface area contributed by atoms with E-state index in [-0.39, 0.29) is 41.4 Å². The van der Waals surface area contributed by atoms with Gasteiger partial charge in [-0.2, -0.15) is 0 Å². The molecule has 1 heterocycles. The van der Waals surface area contributed by atoms with Gasteiger partial charge in [0.15, 0.2) is 0 Å². The first kappa shape index (κ1) is 17.0. The third-order valence-electron chi connectivity index (χ3n) is 6.90. The van der Waals surface area contributed by atoms with E-state index in [1.54, 1.807) is 19.1 Å². The number of anilines is 1. The molecule has 1 aromatic rings. The van der Waals surface area contributed by atoms with Crippen molar-refractivity contribution in [1.82, 2.24) is 4.90 Å². The predicted molar refractivity (Wildman–Crippen MR) is 101 cm³/mol. The van der Waals surface area contributed by atoms with E-state index in [4.69, 9.17) is 11.6 Å². The second kappa shape index (κ2) is 5.68. The second-order valence-electron chi connectivity index (χ2n) is 8.33. The maximum absolute atomic E-state index is 13.1. The summed E-state index contributed by atoms with van der Waals surface area (Å²) in [6, 6.07) is 4.41. The van der Waals surface area contributed by atoms with Crippen LogP contribution < -0.4 is 5.32 Å². The Morgan fingerprint density at radius 2 is 1.74 bits per heavy atom. The molecule has 4 aliphatic carbocycles. The van der Waals surface area contributed by atoms with E-state index in [0.717, 1.165) is 12.0 Å². The fourth-order valence-corrected chi connectivity index (χ4v) is 5.58. The van der Waals surface area contributed by atoms with Crippen LogP contribution in [0.5, 0.6) is 0 Å². The molecule has 3 amide bonds. The number of benzene rings is 1. The summed E-state index contributed by atoms with van der Waals surface area (Å²) < 4.78 is 0. The first-order valence-electron chi connectivity index (χ1n) is 9.50. The topological polar surface area (TPSA) is 66.5 Å². The molecular formula is C21H21ClN2O3. The zero-order valence-corrected chi connectivity index (χ0v) is 15.9. The van der Waals surface area contributed by atoms with Crippen molar-refractivity contribution in [1.29, 1.82) is 0 Å². The Hall–Kier alpha value is -2.14. The van der Waals surface area contributed by atoms with Crippen LogP contribution in [0, 0.1) is 42.4 Å². The molecule has 0 aromatic heterocycles. The average molecular weight is 385 g/mol. The van der Waals surface area contributed by atoms with Gasteiger partial charge in [-0.1, -0.05) is 29.8 Å². The minimum Gasteiger partial charge on any atom is -0.324 e. The molecule has 1 aromatic carbocycles. The molecule has 0 radical (unpaired) electrons. The van der Waals surface area contributed by atoms with Crippen molar-refractivity contribution in [3.8, 4) is 0 Å². The minimum absolute atomic E-state index is 0.164. The maximum atomic E-state index is 13.1. The minimum atomic E-state index is -0.841. The summed E-state index contributed by atoms with van der Waals surface area (Å²) in [6.07, 6.45) is 5.39. The molecule has 7 atom stereocenters. The summed E-state index contributed by atoms with van der Waals surface area (Å²) >= 11 is 6.11. The smallest absolute Gasteiger partial charge is 0.247 e. The SMILES string of the molecule is Cc1ccc(NC(=O)[C@@H](C)N2C(=O)[C@H]3[C@@H]4C=C[C@H]([C@H]5C[C@H]45)[C@@H]3C2=O)cc1Cl. The number of allylic oxidation sites excluding steroid dienone is 2. The fourth-order valence-electron chi connectivity index (χ4n) is 5.40. The Morgan fingerprint density at radius 1 is 1.15 bits per heavy atom. The quantitative estimate of drug-likeness (QED) is 0.643. The number of rotatable bonds is 3. The van der Waals surface area contributed by atoms with E-state index in [2.05, 4.69) is 17.5 Å². The number of hydrogen-bond acceptors (Lipinski definition) is 3. The van der Waals surface area contributed by atoms with Gasteiger partial charge in [0.05, 0.1) is 11.8 Å². The molecule has 2 saturated carbocycles. The second-order valence-corrected chi connectivity index (χ2v) is 8.74. The predicted octanol–water partition coefficient (Wildman–Crippen LogP) is 3.03. The number of amides is 3. The molecule has 3 fully saturated rings. The average Bonchev–Trinajstić information content (AvgIpc) is 3.42. The number of nitrogens with one attached hydrogen (secondary N) is 1. The van der Waals surface area contributed by atoms with Crippen molar-refractivity contribution < 1.29 is 14.4 Å². The van der Waals surface area contributed by atoms with Crippen LogP contribution in [0.2, 0.25) is 5.02 Å². The van der Waals surface area contributed by atoms with Gasteiger partial charge in [-0.25, -0.2) is 0 Å². The third kappa shape index (κ3) is 2.34. The van der Waals surface area contributed by atoms with Crippen molar-refractivity contribution in [3.05, 3.63) is 40.9 Å². The van der Waals surface area contributed by atoms with Crippen LogP contribution in [0.1, 0.15) is 18.9 Å². The van der Waals surface area contributed by atoms with Gasteiger partial charge in [0.2, 0.25) is 17.7 Å². The molecule has 140 valence electrons. The Labute approximate surface area is 162 Å². The van der Waals surface area contributed by atoms with Crippen LogP contribution >= 0.6 is 11.6 Å². The molecule has 2 bridgehead atoms. The van der Waals surface area contributed by atoms with Gasteiger partial charge in [-0.05, 0) is 61.6 Å². The van der Waals surface area contributed by atoms with Gasteiger partial charge < -0.3 is 5.32 Å². The van der Waals surface area contributed by atoms with E-state index in [1.165, 1.54) is 4.90 Å². The highest BCUT2D eigenvalue weighted by molar-refractivity contribution is 6.31. The number of hydrogen-bond donors (Lipinski definition) is 1. The summed E-state index contributed by atoms with van der Waals surface area (Å²) in [7, 11) is 0. The highest BCUT2D eigenvalue weighted by Gasteiger charge is 2.67. The first-order chi connectivity index (χ1) is 12.9. The lowest BCUT2D eigenvalue weighted by Gasteiger charge is -2.37. The molecule has 0 unspecified atom stereocenters. The Balaban J connectivity index is 1.37. The van der Waals surface area contributed by atoms with Crippen LogP contribution in [0.4, 0.5) is 5.69 Å². The van der Waals surface area contributed by atoms with E-state index in [0.29, 0.717) is 22.5 Å². The number of aryl methyl sites for hydroxylation is 1. The van der Waals surface area contributed by atoms with Crippen molar-refractivity contribution in [2.24, 2.45) is 35.5 Å². The lowest BCUT2D eigenvalue weighted by atomic mass is 9.63. The first-order valence-corrected chi connectivity index (χ1v) is 9.88. The van der Waals surface area contributed by atoms with Crippen molar-refractivity contribution in [2.45, 2.75) is 26.3 Å². The zero-order chi connectivity index (χ0) is 19.0. The summed E-state index contributed by atoms with van der Waals surface area (Å²) in [5, 5.41) is 3.34. The molecule has 0 spiro atoms. The van der Waals surface area contributed by atoms with Crippen LogP contribution in [-0.2, 0) is 14.4 Å². The molecule has 1 saturated heterocycles. The highest BCUT2D eigenvalue weighted by atomic mass is 35.5. The maximum Gasteiger partial charge on any atom is 0.247 e.